The van der Waals surface area contributed by atoms with Crippen LogP contribution < -0.4 is 0 Å². The van der Waals surface area contributed by atoms with Crippen molar-refractivity contribution in [2.75, 3.05) is 0 Å². The van der Waals surface area contributed by atoms with Crippen molar-refractivity contribution < 1.29 is 14.6 Å². The molecule has 2 aromatic rings. The van der Waals surface area contributed by atoms with Gasteiger partial charge >= 0.3 is 5.97 Å². The zero-order valence-electron chi connectivity index (χ0n) is 17.9. The van der Waals surface area contributed by atoms with Crippen LogP contribution in [-0.2, 0) is 21.6 Å². The molecule has 1 atom stereocenters. The van der Waals surface area contributed by atoms with E-state index in [9.17, 15) is 9.90 Å². The van der Waals surface area contributed by atoms with E-state index >= 15 is 0 Å². The Kier molecular flexibility index (Phi) is 6.46. The summed E-state index contributed by atoms with van der Waals surface area (Å²) >= 11 is 0. The normalized spacial score (nSPS) is 19.7. The van der Waals surface area contributed by atoms with Crippen LogP contribution in [0.5, 0.6) is 0 Å². The molecule has 0 saturated heterocycles. The highest BCUT2D eigenvalue weighted by molar-refractivity contribution is 5.91. The molecule has 0 spiro atoms. The summed E-state index contributed by atoms with van der Waals surface area (Å²) in [5.41, 5.74) is 2.79. The number of cyclic esters (lactones) is 1. The first-order valence-electron chi connectivity index (χ1n) is 10.6. The molecule has 1 aliphatic rings. The van der Waals surface area contributed by atoms with Crippen molar-refractivity contribution in [2.45, 2.75) is 64.9 Å². The number of carbonyl (C=O) groups excluding carboxylic acids is 1. The fraction of sp³-hybridized carbons (Fsp3) is 0.423. The first-order valence-corrected chi connectivity index (χ1v) is 10.6. The molecule has 0 radical (unpaired) electrons. The van der Waals surface area contributed by atoms with Crippen LogP contribution in [0.2, 0.25) is 0 Å². The molecule has 0 bridgehead atoms. The second kappa shape index (κ2) is 8.86. The Morgan fingerprint density at radius 1 is 1.00 bits per heavy atom. The van der Waals surface area contributed by atoms with E-state index in [2.05, 4.69) is 33.8 Å². The summed E-state index contributed by atoms with van der Waals surface area (Å²) in [7, 11) is 0. The van der Waals surface area contributed by atoms with Crippen molar-refractivity contribution in [1.82, 2.24) is 0 Å². The van der Waals surface area contributed by atoms with Gasteiger partial charge in [0.25, 0.3) is 0 Å². The molecule has 0 aliphatic carbocycles. The minimum atomic E-state index is -0.798. The molecule has 1 aliphatic heterocycles. The second-order valence-electron chi connectivity index (χ2n) is 8.81. The summed E-state index contributed by atoms with van der Waals surface area (Å²) in [6.45, 7) is 8.60. The van der Waals surface area contributed by atoms with Gasteiger partial charge in [-0.1, -0.05) is 82.3 Å². The largest absolute Gasteiger partial charge is 0.512 e. The SMILES string of the molecule is CC(C)CCC1(c2ccccc2)CC(O)=C(Cc2ccccc2C(C)C)C(=O)O1. The van der Waals surface area contributed by atoms with E-state index < -0.39 is 11.6 Å². The molecule has 0 saturated carbocycles. The number of ether oxygens (including phenoxy) is 1. The summed E-state index contributed by atoms with van der Waals surface area (Å²) < 4.78 is 6.11. The van der Waals surface area contributed by atoms with E-state index in [-0.39, 0.29) is 5.76 Å². The van der Waals surface area contributed by atoms with Gasteiger partial charge in [-0.2, -0.15) is 0 Å². The third-order valence-electron chi connectivity index (χ3n) is 5.81. The highest BCUT2D eigenvalue weighted by Gasteiger charge is 2.43. The molecule has 29 heavy (non-hydrogen) atoms. The van der Waals surface area contributed by atoms with Crippen LogP contribution in [0.25, 0.3) is 0 Å². The van der Waals surface area contributed by atoms with Gasteiger partial charge in [-0.3, -0.25) is 0 Å². The molecule has 1 unspecified atom stereocenters. The number of aliphatic hydroxyl groups is 1. The Labute approximate surface area is 174 Å². The zero-order chi connectivity index (χ0) is 21.0. The van der Waals surface area contributed by atoms with Crippen molar-refractivity contribution in [3.63, 3.8) is 0 Å². The Morgan fingerprint density at radius 3 is 2.28 bits per heavy atom. The number of rotatable bonds is 7. The predicted octanol–water partition coefficient (Wildman–Crippen LogP) is 6.44. The highest BCUT2D eigenvalue weighted by atomic mass is 16.6. The van der Waals surface area contributed by atoms with E-state index in [1.165, 1.54) is 5.56 Å². The lowest BCUT2D eigenvalue weighted by atomic mass is 9.80. The quantitative estimate of drug-likeness (QED) is 0.551. The van der Waals surface area contributed by atoms with Gasteiger partial charge in [0.15, 0.2) is 0 Å². The molecule has 0 fully saturated rings. The Balaban J connectivity index is 1.95. The van der Waals surface area contributed by atoms with E-state index in [1.807, 2.05) is 48.5 Å². The average Bonchev–Trinajstić information content (AvgIpc) is 2.70. The van der Waals surface area contributed by atoms with Crippen LogP contribution in [0.1, 0.15) is 69.6 Å². The van der Waals surface area contributed by atoms with Gasteiger partial charge in [-0.05, 0) is 41.4 Å². The maximum Gasteiger partial charge on any atom is 0.338 e. The first-order chi connectivity index (χ1) is 13.8. The van der Waals surface area contributed by atoms with Crippen molar-refractivity contribution in [1.29, 1.82) is 0 Å². The van der Waals surface area contributed by atoms with Gasteiger partial charge in [-0.15, -0.1) is 0 Å². The number of esters is 1. The molecule has 0 amide bonds. The second-order valence-corrected chi connectivity index (χ2v) is 8.81. The van der Waals surface area contributed by atoms with Crippen LogP contribution in [0.15, 0.2) is 65.9 Å². The van der Waals surface area contributed by atoms with Gasteiger partial charge in [0, 0.05) is 12.8 Å². The van der Waals surface area contributed by atoms with Crippen molar-refractivity contribution in [3.05, 3.63) is 82.6 Å². The molecule has 2 aromatic carbocycles. The summed E-state index contributed by atoms with van der Waals surface area (Å²) in [6.07, 6.45) is 2.34. The Bertz CT molecular complexity index is 880. The van der Waals surface area contributed by atoms with E-state index in [1.54, 1.807) is 0 Å². The molecule has 3 nitrogen and oxygen atoms in total. The molecule has 1 N–H and O–H groups in total. The zero-order valence-corrected chi connectivity index (χ0v) is 17.9. The lowest BCUT2D eigenvalue weighted by molar-refractivity contribution is -0.162. The van der Waals surface area contributed by atoms with Crippen LogP contribution in [0.4, 0.5) is 0 Å². The molecular formula is C26H32O3. The van der Waals surface area contributed by atoms with Crippen LogP contribution >= 0.6 is 0 Å². The summed E-state index contributed by atoms with van der Waals surface area (Å²) in [5, 5.41) is 11.0. The topological polar surface area (TPSA) is 46.5 Å². The summed E-state index contributed by atoms with van der Waals surface area (Å²) in [4.78, 5) is 13.1. The summed E-state index contributed by atoms with van der Waals surface area (Å²) in [6, 6.07) is 17.9. The Hall–Kier alpha value is -2.55. The van der Waals surface area contributed by atoms with Gasteiger partial charge in [0.1, 0.15) is 11.4 Å². The van der Waals surface area contributed by atoms with Gasteiger partial charge < -0.3 is 9.84 Å². The van der Waals surface area contributed by atoms with Crippen LogP contribution in [0, 0.1) is 5.92 Å². The van der Waals surface area contributed by atoms with E-state index in [0.717, 1.165) is 17.5 Å². The molecular weight excluding hydrogens is 360 g/mol. The lowest BCUT2D eigenvalue weighted by Crippen LogP contribution is -2.38. The number of hydrogen-bond donors (Lipinski definition) is 1. The minimum absolute atomic E-state index is 0.160. The summed E-state index contributed by atoms with van der Waals surface area (Å²) in [5.74, 6) is 0.593. The Morgan fingerprint density at radius 2 is 1.66 bits per heavy atom. The molecule has 0 aromatic heterocycles. The molecule has 1 heterocycles. The van der Waals surface area contributed by atoms with E-state index in [4.69, 9.17) is 4.74 Å². The highest BCUT2D eigenvalue weighted by Crippen LogP contribution is 2.42. The first kappa shape index (κ1) is 21.2. The standard InChI is InChI=1S/C26H32O3/c1-18(2)14-15-26(21-11-6-5-7-12-21)17-24(27)23(25(28)29-26)16-20-10-8-9-13-22(20)19(3)4/h5-13,18-19,27H,14-17H2,1-4H3. The monoisotopic (exact) mass is 392 g/mol. The third-order valence-corrected chi connectivity index (χ3v) is 5.81. The molecule has 154 valence electrons. The molecule has 3 rings (SSSR count). The van der Waals surface area contributed by atoms with Gasteiger partial charge in [0.05, 0.1) is 5.57 Å². The van der Waals surface area contributed by atoms with Crippen molar-refractivity contribution in [2.24, 2.45) is 5.92 Å². The van der Waals surface area contributed by atoms with Crippen LogP contribution in [0.3, 0.4) is 0 Å². The predicted molar refractivity (Wildman–Crippen MR) is 117 cm³/mol. The van der Waals surface area contributed by atoms with Crippen molar-refractivity contribution >= 4 is 5.97 Å². The number of benzene rings is 2. The average molecular weight is 393 g/mol. The number of hydrogen-bond acceptors (Lipinski definition) is 3. The lowest BCUT2D eigenvalue weighted by Gasteiger charge is -2.38. The van der Waals surface area contributed by atoms with Gasteiger partial charge in [-0.25, -0.2) is 4.79 Å². The maximum atomic E-state index is 13.1. The number of aliphatic hydroxyl groups excluding tert-OH is 1. The van der Waals surface area contributed by atoms with E-state index in [0.29, 0.717) is 36.7 Å². The molecule has 3 heteroatoms. The van der Waals surface area contributed by atoms with Crippen LogP contribution in [-0.4, -0.2) is 11.1 Å². The van der Waals surface area contributed by atoms with Gasteiger partial charge in [0.2, 0.25) is 0 Å². The number of carbonyl (C=O) groups is 1. The third kappa shape index (κ3) is 4.72. The maximum absolute atomic E-state index is 13.1. The minimum Gasteiger partial charge on any atom is -0.512 e. The smallest absolute Gasteiger partial charge is 0.338 e. The fourth-order valence-electron chi connectivity index (χ4n) is 4.10. The fourth-order valence-corrected chi connectivity index (χ4v) is 4.10. The van der Waals surface area contributed by atoms with Crippen molar-refractivity contribution in [3.8, 4) is 0 Å².